The predicted octanol–water partition coefficient (Wildman–Crippen LogP) is 3.91. The Bertz CT molecular complexity index is 492. The average molecular weight is 308 g/mol. The fourth-order valence-corrected chi connectivity index (χ4v) is 7.06. The van der Waals surface area contributed by atoms with Crippen molar-refractivity contribution in [3.05, 3.63) is 0 Å². The Labute approximate surface area is 132 Å². The molecule has 4 aliphatic rings. The molecule has 3 unspecified atom stereocenters. The molecule has 0 radical (unpaired) electrons. The summed E-state index contributed by atoms with van der Waals surface area (Å²) in [4.78, 5) is 11.8. The second-order valence-corrected chi connectivity index (χ2v) is 9.07. The van der Waals surface area contributed by atoms with E-state index in [9.17, 15) is 14.3 Å². The van der Waals surface area contributed by atoms with E-state index in [1.54, 1.807) is 0 Å². The lowest BCUT2D eigenvalue weighted by Crippen LogP contribution is -2.56. The number of fused-ring (bicyclic) bond motifs is 5. The summed E-state index contributed by atoms with van der Waals surface area (Å²) in [5, 5.41) is 10.4. The SMILES string of the molecule is C[C@]12CCC(=O)C(F)C1CC[C@@H]1[C@H]2CC[C@]2(C)C(O)CC[C@@H]12. The van der Waals surface area contributed by atoms with Gasteiger partial charge in [0.05, 0.1) is 6.10 Å². The van der Waals surface area contributed by atoms with Crippen molar-refractivity contribution >= 4 is 5.78 Å². The molecule has 2 nitrogen and oxygen atoms in total. The van der Waals surface area contributed by atoms with Crippen molar-refractivity contribution in [2.75, 3.05) is 0 Å². The number of halogens is 1. The summed E-state index contributed by atoms with van der Waals surface area (Å²) in [5.41, 5.74) is 0.0923. The van der Waals surface area contributed by atoms with Crippen molar-refractivity contribution in [3.8, 4) is 0 Å². The van der Waals surface area contributed by atoms with Gasteiger partial charge in [0.25, 0.3) is 0 Å². The van der Waals surface area contributed by atoms with Gasteiger partial charge in [0.15, 0.2) is 12.0 Å². The van der Waals surface area contributed by atoms with Gasteiger partial charge >= 0.3 is 0 Å². The molecule has 4 fully saturated rings. The number of hydrogen-bond donors (Lipinski definition) is 1. The summed E-state index contributed by atoms with van der Waals surface area (Å²) in [7, 11) is 0. The maximum atomic E-state index is 14.5. The second-order valence-electron chi connectivity index (χ2n) is 9.07. The van der Waals surface area contributed by atoms with Gasteiger partial charge in [0.2, 0.25) is 0 Å². The molecule has 0 amide bonds. The lowest BCUT2D eigenvalue weighted by Gasteiger charge is -2.60. The molecule has 3 heteroatoms. The first kappa shape index (κ1) is 15.1. The maximum Gasteiger partial charge on any atom is 0.167 e. The van der Waals surface area contributed by atoms with Gasteiger partial charge in [-0.25, -0.2) is 4.39 Å². The minimum atomic E-state index is -1.22. The molecule has 0 aliphatic heterocycles. The van der Waals surface area contributed by atoms with Crippen molar-refractivity contribution in [2.45, 2.75) is 77.5 Å². The smallest absolute Gasteiger partial charge is 0.167 e. The predicted molar refractivity (Wildman–Crippen MR) is 83.0 cm³/mol. The van der Waals surface area contributed by atoms with Crippen molar-refractivity contribution in [1.82, 2.24) is 0 Å². The lowest BCUT2D eigenvalue weighted by molar-refractivity contribution is -0.155. The first-order chi connectivity index (χ1) is 10.4. The third-order valence-corrected chi connectivity index (χ3v) is 8.46. The highest BCUT2D eigenvalue weighted by Crippen LogP contribution is 2.66. The van der Waals surface area contributed by atoms with Crippen LogP contribution in [0.2, 0.25) is 0 Å². The molecule has 22 heavy (non-hydrogen) atoms. The van der Waals surface area contributed by atoms with Gasteiger partial charge in [0, 0.05) is 12.3 Å². The van der Waals surface area contributed by atoms with Crippen molar-refractivity contribution < 1.29 is 14.3 Å². The van der Waals surface area contributed by atoms with Gasteiger partial charge in [-0.1, -0.05) is 13.8 Å². The average Bonchev–Trinajstić information content (AvgIpc) is 2.79. The van der Waals surface area contributed by atoms with Crippen molar-refractivity contribution in [2.24, 2.45) is 34.5 Å². The Morgan fingerprint density at radius 1 is 0.955 bits per heavy atom. The van der Waals surface area contributed by atoms with Crippen LogP contribution in [0.15, 0.2) is 0 Å². The van der Waals surface area contributed by atoms with Crippen LogP contribution in [0.5, 0.6) is 0 Å². The Kier molecular flexibility index (Phi) is 3.28. The Morgan fingerprint density at radius 3 is 2.41 bits per heavy atom. The minimum Gasteiger partial charge on any atom is -0.393 e. The van der Waals surface area contributed by atoms with Crippen LogP contribution in [-0.4, -0.2) is 23.2 Å². The quantitative estimate of drug-likeness (QED) is 0.737. The Balaban J connectivity index is 1.65. The lowest BCUT2D eigenvalue weighted by atomic mass is 9.45. The summed E-state index contributed by atoms with van der Waals surface area (Å²) >= 11 is 0. The van der Waals surface area contributed by atoms with E-state index >= 15 is 0 Å². The molecule has 8 atom stereocenters. The van der Waals surface area contributed by atoms with Crippen LogP contribution in [0.25, 0.3) is 0 Å². The number of alkyl halides is 1. The highest BCUT2D eigenvalue weighted by molar-refractivity contribution is 5.84. The van der Waals surface area contributed by atoms with Crippen molar-refractivity contribution in [1.29, 1.82) is 0 Å². The number of Topliss-reactive ketones (excluding diaryl/α,β-unsaturated/α-hetero) is 1. The first-order valence-electron chi connectivity index (χ1n) is 9.23. The molecule has 1 N–H and O–H groups in total. The topological polar surface area (TPSA) is 37.3 Å². The van der Waals surface area contributed by atoms with Crippen LogP contribution in [0.3, 0.4) is 0 Å². The Morgan fingerprint density at radius 2 is 1.64 bits per heavy atom. The molecule has 0 saturated heterocycles. The number of aliphatic hydroxyl groups excluding tert-OH is 1. The number of hydrogen-bond acceptors (Lipinski definition) is 2. The van der Waals surface area contributed by atoms with Crippen LogP contribution in [0.4, 0.5) is 4.39 Å². The third-order valence-electron chi connectivity index (χ3n) is 8.46. The van der Waals surface area contributed by atoms with E-state index in [0.717, 1.165) is 44.9 Å². The van der Waals surface area contributed by atoms with E-state index in [-0.39, 0.29) is 28.6 Å². The van der Waals surface area contributed by atoms with Crippen LogP contribution in [0, 0.1) is 34.5 Å². The number of rotatable bonds is 0. The number of carbonyl (C=O) groups excluding carboxylic acids is 1. The summed E-state index contributed by atoms with van der Waals surface area (Å²) in [6, 6.07) is 0. The zero-order valence-corrected chi connectivity index (χ0v) is 13.9. The molecular weight excluding hydrogens is 279 g/mol. The molecule has 0 bridgehead atoms. The minimum absolute atomic E-state index is 0.00508. The van der Waals surface area contributed by atoms with Gasteiger partial charge in [-0.2, -0.15) is 0 Å². The molecular formula is C19H29FO2. The van der Waals surface area contributed by atoms with E-state index in [1.807, 2.05) is 0 Å². The van der Waals surface area contributed by atoms with Gasteiger partial charge in [0.1, 0.15) is 0 Å². The number of ketones is 1. The molecule has 0 aromatic heterocycles. The third kappa shape index (κ3) is 1.78. The van der Waals surface area contributed by atoms with E-state index in [1.165, 1.54) is 0 Å². The fraction of sp³-hybridized carbons (Fsp3) is 0.947. The van der Waals surface area contributed by atoms with E-state index in [2.05, 4.69) is 13.8 Å². The van der Waals surface area contributed by atoms with E-state index in [0.29, 0.717) is 24.2 Å². The highest BCUT2D eigenvalue weighted by Gasteiger charge is 2.61. The van der Waals surface area contributed by atoms with Crippen LogP contribution in [-0.2, 0) is 4.79 Å². The van der Waals surface area contributed by atoms with Crippen LogP contribution < -0.4 is 0 Å². The summed E-state index contributed by atoms with van der Waals surface area (Å²) in [6.07, 6.45) is 6.14. The van der Waals surface area contributed by atoms with Gasteiger partial charge in [-0.15, -0.1) is 0 Å². The van der Waals surface area contributed by atoms with E-state index in [4.69, 9.17) is 0 Å². The monoisotopic (exact) mass is 308 g/mol. The van der Waals surface area contributed by atoms with Gasteiger partial charge in [-0.05, 0) is 73.5 Å². The first-order valence-corrected chi connectivity index (χ1v) is 9.23. The molecule has 0 aromatic rings. The number of aliphatic hydroxyl groups is 1. The van der Waals surface area contributed by atoms with Gasteiger partial charge in [-0.3, -0.25) is 4.79 Å². The van der Waals surface area contributed by atoms with Crippen LogP contribution >= 0.6 is 0 Å². The molecule has 0 aromatic carbocycles. The number of carbonyl (C=O) groups is 1. The molecule has 4 saturated carbocycles. The summed E-state index contributed by atoms with van der Waals surface area (Å²) in [5.74, 6) is 1.59. The van der Waals surface area contributed by atoms with Crippen LogP contribution in [0.1, 0.15) is 65.2 Å². The summed E-state index contributed by atoms with van der Waals surface area (Å²) < 4.78 is 14.5. The second kappa shape index (κ2) is 4.78. The molecule has 4 rings (SSSR count). The van der Waals surface area contributed by atoms with Gasteiger partial charge < -0.3 is 5.11 Å². The normalized spacial score (nSPS) is 57.9. The Hall–Kier alpha value is -0.440. The zero-order chi connectivity index (χ0) is 15.7. The molecule has 0 heterocycles. The van der Waals surface area contributed by atoms with Crippen molar-refractivity contribution in [3.63, 3.8) is 0 Å². The molecule has 4 aliphatic carbocycles. The zero-order valence-electron chi connectivity index (χ0n) is 13.9. The standard InChI is InChI=1S/C19H29FO2/c1-18-10-8-15(21)17(20)14(18)4-3-11-12-5-6-16(22)19(12,2)9-7-13(11)18/h11-14,16-17,22H,3-10H2,1-2H3/t11-,12-,13+,14?,16?,17?,18+,19-/m0/s1. The molecule has 0 spiro atoms. The molecule has 124 valence electrons. The maximum absolute atomic E-state index is 14.5. The largest absolute Gasteiger partial charge is 0.393 e. The highest BCUT2D eigenvalue weighted by atomic mass is 19.1. The van der Waals surface area contributed by atoms with E-state index < -0.39 is 6.17 Å². The fourth-order valence-electron chi connectivity index (χ4n) is 7.06. The summed E-state index contributed by atoms with van der Waals surface area (Å²) in [6.45, 7) is 4.55.